The van der Waals surface area contributed by atoms with Crippen molar-refractivity contribution >= 4 is 23.1 Å². The number of rotatable bonds is 5. The van der Waals surface area contributed by atoms with Gasteiger partial charge in [0.25, 0.3) is 5.69 Å². The third-order valence-corrected chi connectivity index (χ3v) is 4.13. The van der Waals surface area contributed by atoms with E-state index in [-0.39, 0.29) is 34.4 Å². The molecule has 0 atom stereocenters. The number of Topliss-reactive ketones (excluding diaryl/α,β-unsaturated/α-hetero) is 1. The molecule has 0 aliphatic heterocycles. The predicted molar refractivity (Wildman–Crippen MR) is 104 cm³/mol. The molecule has 0 bridgehead atoms. The van der Waals surface area contributed by atoms with E-state index in [4.69, 9.17) is 16.0 Å². The van der Waals surface area contributed by atoms with E-state index in [9.17, 15) is 14.9 Å². The number of nitrogens with zero attached hydrogens (tertiary/aromatic N) is 2. The molecule has 2 aliphatic carbocycles. The number of alkyl halides is 1. The van der Waals surface area contributed by atoms with E-state index < -0.39 is 4.92 Å². The molecule has 1 aromatic heterocycles. The zero-order valence-electron chi connectivity index (χ0n) is 15.0. The number of oxazole rings is 1. The van der Waals surface area contributed by atoms with Gasteiger partial charge in [-0.2, -0.15) is 0 Å². The van der Waals surface area contributed by atoms with Gasteiger partial charge in [0.15, 0.2) is 5.78 Å². The van der Waals surface area contributed by atoms with Crippen LogP contribution in [-0.2, 0) is 21.9 Å². The first-order chi connectivity index (χ1) is 13.6. The molecule has 0 amide bonds. The van der Waals surface area contributed by atoms with Crippen LogP contribution in [0.2, 0.25) is 0 Å². The van der Waals surface area contributed by atoms with Gasteiger partial charge in [-0.05, 0) is 63.5 Å². The molecule has 6 nitrogen and oxygen atoms in total. The second kappa shape index (κ2) is 11.5. The standard InChI is InChI=1S/C14H9N2O3.C7H6ClO.Fe/c17-16(18)12-7-5-11(6-8-12)14-15-9-13(19-14)10-3-1-2-4-10;8-5-7(9)6-3-1-2-4-6;/h1-9H;1-4H,5H2;/q;;+2. The maximum atomic E-state index is 10.7. The van der Waals surface area contributed by atoms with Gasteiger partial charge in [0.1, 0.15) is 5.76 Å². The number of non-ortho nitro benzene ring substituents is 1. The number of aromatic nitrogens is 1. The number of nitro benzene ring substituents is 1. The Hall–Kier alpha value is -1.69. The maximum Gasteiger partial charge on any atom is 2.00 e. The molecule has 2 fully saturated rings. The Bertz CT molecular complexity index is 797. The number of nitro groups is 1. The summed E-state index contributed by atoms with van der Waals surface area (Å²) >= 11 is 5.29. The summed E-state index contributed by atoms with van der Waals surface area (Å²) in [5.74, 6) is 2.85. The van der Waals surface area contributed by atoms with E-state index >= 15 is 0 Å². The molecule has 8 heteroatoms. The van der Waals surface area contributed by atoms with Crippen molar-refractivity contribution in [1.29, 1.82) is 0 Å². The van der Waals surface area contributed by atoms with Crippen LogP contribution in [0.1, 0.15) is 5.76 Å². The topological polar surface area (TPSA) is 86.2 Å². The minimum Gasteiger partial charge on any atom is -0.441 e. The summed E-state index contributed by atoms with van der Waals surface area (Å²) in [7, 11) is 0. The first kappa shape index (κ1) is 23.6. The van der Waals surface area contributed by atoms with E-state index in [0.29, 0.717) is 23.1 Å². The van der Waals surface area contributed by atoms with Gasteiger partial charge in [-0.25, -0.2) is 4.98 Å². The van der Waals surface area contributed by atoms with Crippen molar-refractivity contribution in [2.24, 2.45) is 0 Å². The Morgan fingerprint density at radius 3 is 2.17 bits per heavy atom. The number of hydrogen-bond acceptors (Lipinski definition) is 5. The van der Waals surface area contributed by atoms with Gasteiger partial charge in [0.05, 0.1) is 28.8 Å². The van der Waals surface area contributed by atoms with Gasteiger partial charge >= 0.3 is 17.1 Å². The van der Waals surface area contributed by atoms with Crippen molar-refractivity contribution in [3.05, 3.63) is 110 Å². The second-order valence-corrected chi connectivity index (χ2v) is 6.00. The number of benzene rings is 1. The van der Waals surface area contributed by atoms with Gasteiger partial charge in [-0.3, -0.25) is 14.9 Å². The summed E-state index contributed by atoms with van der Waals surface area (Å²) in [6, 6.07) is 6.11. The molecular formula is C21H15ClFeN2O4+2. The number of ketones is 1. The fraction of sp³-hybridized carbons (Fsp3) is 0.0476. The molecule has 4 rings (SSSR count). The average molecular weight is 451 g/mol. The van der Waals surface area contributed by atoms with Crippen molar-refractivity contribution in [2.45, 2.75) is 0 Å². The number of hydrogen-bond donors (Lipinski definition) is 0. The Morgan fingerprint density at radius 2 is 1.62 bits per heavy atom. The zero-order valence-corrected chi connectivity index (χ0v) is 16.8. The van der Waals surface area contributed by atoms with Gasteiger partial charge in [-0.15, -0.1) is 11.6 Å². The van der Waals surface area contributed by atoms with Crippen LogP contribution in [0, 0.1) is 73.3 Å². The Kier molecular flexibility index (Phi) is 9.34. The number of halogens is 1. The smallest absolute Gasteiger partial charge is 0.441 e. The van der Waals surface area contributed by atoms with Crippen molar-refractivity contribution in [3.8, 4) is 11.5 Å². The van der Waals surface area contributed by atoms with E-state index in [0.717, 1.165) is 5.92 Å². The largest absolute Gasteiger partial charge is 2.00 e. The Morgan fingerprint density at radius 1 is 1.03 bits per heavy atom. The average Bonchev–Trinajstić information content (AvgIpc) is 3.49. The molecule has 0 N–H and O–H groups in total. The van der Waals surface area contributed by atoms with Crippen LogP contribution < -0.4 is 0 Å². The molecule has 1 aromatic carbocycles. The molecule has 0 saturated heterocycles. The summed E-state index contributed by atoms with van der Waals surface area (Å²) in [6.45, 7) is 0. The van der Waals surface area contributed by atoms with Crippen LogP contribution in [0.4, 0.5) is 5.69 Å². The first-order valence-electron chi connectivity index (χ1n) is 8.32. The Labute approximate surface area is 186 Å². The van der Waals surface area contributed by atoms with Gasteiger partial charge in [-0.1, -0.05) is 0 Å². The van der Waals surface area contributed by atoms with Gasteiger partial charge in [0.2, 0.25) is 5.89 Å². The molecule has 1 heterocycles. The maximum absolute atomic E-state index is 10.7. The fourth-order valence-corrected chi connectivity index (χ4v) is 2.60. The number of carbonyl (C=O) groups excluding carboxylic acids is 1. The molecule has 0 spiro atoms. The van der Waals surface area contributed by atoms with Crippen LogP contribution in [0.15, 0.2) is 34.9 Å². The summed E-state index contributed by atoms with van der Waals surface area (Å²) in [5.41, 5.74) is 0.759. The second-order valence-electron chi connectivity index (χ2n) is 5.74. The SMILES string of the molecule is O=C(CCl)[C]1[CH][CH][CH][CH]1.O=[N+]([O-])c1ccc(-c2ncc([C]3[CH][CH][CH][CH]3)o2)cc1.[Fe+2]. The van der Waals surface area contributed by atoms with Crippen LogP contribution in [-0.4, -0.2) is 21.6 Å². The molecule has 29 heavy (non-hydrogen) atoms. The summed E-state index contributed by atoms with van der Waals surface area (Å²) in [4.78, 5) is 25.1. The van der Waals surface area contributed by atoms with Crippen molar-refractivity contribution in [3.63, 3.8) is 0 Å². The summed E-state index contributed by atoms with van der Waals surface area (Å²) < 4.78 is 5.63. The monoisotopic (exact) mass is 450 g/mol. The molecule has 2 aromatic rings. The molecular weight excluding hydrogens is 436 g/mol. The minimum absolute atomic E-state index is 0. The van der Waals surface area contributed by atoms with Crippen LogP contribution in [0.25, 0.3) is 11.5 Å². The molecule has 146 valence electrons. The summed E-state index contributed by atoms with van der Waals surface area (Å²) in [5, 5.41) is 10.6. The van der Waals surface area contributed by atoms with Crippen LogP contribution in [0.3, 0.4) is 0 Å². The molecule has 2 saturated carbocycles. The first-order valence-corrected chi connectivity index (χ1v) is 8.85. The third kappa shape index (κ3) is 6.39. The number of carbonyl (C=O) groups is 1. The zero-order chi connectivity index (χ0) is 19.9. The van der Waals surface area contributed by atoms with E-state index in [1.54, 1.807) is 31.2 Å². The van der Waals surface area contributed by atoms with E-state index in [1.807, 2.05) is 38.5 Å². The quantitative estimate of drug-likeness (QED) is 0.295. The minimum atomic E-state index is -0.436. The van der Waals surface area contributed by atoms with Crippen molar-refractivity contribution in [1.82, 2.24) is 4.98 Å². The van der Waals surface area contributed by atoms with Gasteiger partial charge in [0, 0.05) is 17.7 Å². The van der Waals surface area contributed by atoms with E-state index in [2.05, 4.69) is 4.98 Å². The third-order valence-electron chi connectivity index (χ3n) is 3.88. The summed E-state index contributed by atoms with van der Waals surface area (Å²) in [6.07, 6.45) is 16.5. The van der Waals surface area contributed by atoms with Crippen LogP contribution >= 0.6 is 11.6 Å². The van der Waals surface area contributed by atoms with Gasteiger partial charge < -0.3 is 4.42 Å². The van der Waals surface area contributed by atoms with Crippen molar-refractivity contribution < 1.29 is 31.2 Å². The van der Waals surface area contributed by atoms with E-state index in [1.165, 1.54) is 12.1 Å². The fourth-order valence-electron chi connectivity index (χ4n) is 2.44. The molecule has 10 radical (unpaired) electrons. The molecule has 2 aliphatic rings. The normalized spacial score (nSPS) is 16.7. The molecule has 0 unspecified atom stereocenters. The predicted octanol–water partition coefficient (Wildman–Crippen LogP) is 4.20. The van der Waals surface area contributed by atoms with Crippen molar-refractivity contribution in [2.75, 3.05) is 5.88 Å². The van der Waals surface area contributed by atoms with Crippen LogP contribution in [0.5, 0.6) is 0 Å². The Balaban J connectivity index is 0.000000255.